The second-order valence-electron chi connectivity index (χ2n) is 4.46. The molecule has 0 aromatic rings. The third-order valence-electron chi connectivity index (χ3n) is 1.88. The molecule has 1 heterocycles. The van der Waals surface area contributed by atoms with Crippen LogP contribution in [0.15, 0.2) is 0 Å². The summed E-state index contributed by atoms with van der Waals surface area (Å²) in [4.78, 5) is 34.8. The summed E-state index contributed by atoms with van der Waals surface area (Å²) in [5, 5.41) is 0. The fourth-order valence-corrected chi connectivity index (χ4v) is 1.25. The highest BCUT2D eigenvalue weighted by atomic mass is 16.6. The predicted molar refractivity (Wildman–Crippen MR) is 52.2 cm³/mol. The first-order valence-electron chi connectivity index (χ1n) is 4.89. The number of carbonyl (C=O) groups is 3. The van der Waals surface area contributed by atoms with Gasteiger partial charge in [-0.15, -0.1) is 0 Å². The zero-order chi connectivity index (χ0) is 11.6. The van der Waals surface area contributed by atoms with Crippen LogP contribution in [0.5, 0.6) is 0 Å². The third-order valence-corrected chi connectivity index (χ3v) is 1.88. The molecule has 0 aliphatic carbocycles. The van der Waals surface area contributed by atoms with E-state index in [1.54, 1.807) is 20.8 Å². The largest absolute Gasteiger partial charge is 0.443 e. The van der Waals surface area contributed by atoms with Crippen molar-refractivity contribution in [3.05, 3.63) is 0 Å². The van der Waals surface area contributed by atoms with Gasteiger partial charge in [0.05, 0.1) is 0 Å². The van der Waals surface area contributed by atoms with Gasteiger partial charge in [-0.1, -0.05) is 0 Å². The molecule has 1 aliphatic rings. The van der Waals surface area contributed by atoms with E-state index in [1.165, 1.54) is 0 Å². The predicted octanol–water partition coefficient (Wildman–Crippen LogP) is 1.11. The molecule has 0 aromatic heterocycles. The van der Waals surface area contributed by atoms with Crippen molar-refractivity contribution in [1.82, 2.24) is 4.90 Å². The van der Waals surface area contributed by atoms with E-state index < -0.39 is 23.4 Å². The molecule has 0 N–H and O–H groups in total. The standard InChI is InChI=1S/C10H15NO4/c1-10(2,3)15-9(14)11-6-4-5-7(12)8(11)13/h4-6H2,1-3H3. The molecule has 5 heteroatoms. The monoisotopic (exact) mass is 213 g/mol. The highest BCUT2D eigenvalue weighted by Gasteiger charge is 2.33. The van der Waals surface area contributed by atoms with Gasteiger partial charge in [-0.3, -0.25) is 9.59 Å². The number of hydrogen-bond donors (Lipinski definition) is 0. The molecule has 1 fully saturated rings. The van der Waals surface area contributed by atoms with Crippen molar-refractivity contribution >= 4 is 17.8 Å². The van der Waals surface area contributed by atoms with Crippen molar-refractivity contribution in [2.45, 2.75) is 39.2 Å². The molecule has 1 saturated heterocycles. The zero-order valence-electron chi connectivity index (χ0n) is 9.20. The Labute approximate surface area is 88.4 Å². The minimum atomic E-state index is -0.754. The molecule has 0 aromatic carbocycles. The maximum Gasteiger partial charge on any atom is 0.417 e. The van der Waals surface area contributed by atoms with Crippen LogP contribution in [0.2, 0.25) is 0 Å². The summed E-state index contributed by atoms with van der Waals surface area (Å²) in [6, 6.07) is 0. The van der Waals surface area contributed by atoms with Gasteiger partial charge < -0.3 is 4.74 Å². The van der Waals surface area contributed by atoms with E-state index in [0.717, 1.165) is 4.90 Å². The Morgan fingerprint density at radius 3 is 2.47 bits per heavy atom. The summed E-state index contributed by atoms with van der Waals surface area (Å²) < 4.78 is 5.01. The van der Waals surface area contributed by atoms with Gasteiger partial charge in [-0.2, -0.15) is 0 Å². The molecule has 5 nitrogen and oxygen atoms in total. The molecule has 0 bridgehead atoms. The molecule has 1 rings (SSSR count). The molecular formula is C10H15NO4. The smallest absolute Gasteiger partial charge is 0.417 e. The first-order valence-corrected chi connectivity index (χ1v) is 4.89. The van der Waals surface area contributed by atoms with Gasteiger partial charge in [0.15, 0.2) is 0 Å². The highest BCUT2D eigenvalue weighted by molar-refractivity contribution is 6.38. The lowest BCUT2D eigenvalue weighted by Crippen LogP contribution is -2.47. The number of rotatable bonds is 0. The summed E-state index contributed by atoms with van der Waals surface area (Å²) in [7, 11) is 0. The van der Waals surface area contributed by atoms with E-state index >= 15 is 0 Å². The minimum Gasteiger partial charge on any atom is -0.443 e. The zero-order valence-corrected chi connectivity index (χ0v) is 9.20. The van der Waals surface area contributed by atoms with E-state index in [0.29, 0.717) is 6.42 Å². The Bertz CT molecular complexity index is 303. The number of carbonyl (C=O) groups excluding carboxylic acids is 3. The van der Waals surface area contributed by atoms with Crippen molar-refractivity contribution in [1.29, 1.82) is 0 Å². The molecule has 15 heavy (non-hydrogen) atoms. The quantitative estimate of drug-likeness (QED) is 0.565. The second-order valence-corrected chi connectivity index (χ2v) is 4.46. The van der Waals surface area contributed by atoms with Crippen LogP contribution in [0.25, 0.3) is 0 Å². The summed E-state index contributed by atoms with van der Waals surface area (Å²) in [6.45, 7) is 5.39. The number of amides is 2. The van der Waals surface area contributed by atoms with Crippen molar-refractivity contribution < 1.29 is 19.1 Å². The van der Waals surface area contributed by atoms with Crippen LogP contribution >= 0.6 is 0 Å². The van der Waals surface area contributed by atoms with Crippen LogP contribution in [0.4, 0.5) is 4.79 Å². The lowest BCUT2D eigenvalue weighted by atomic mass is 10.1. The van der Waals surface area contributed by atoms with E-state index in [9.17, 15) is 14.4 Å². The Hall–Kier alpha value is -1.39. The van der Waals surface area contributed by atoms with Crippen molar-refractivity contribution in [2.24, 2.45) is 0 Å². The second kappa shape index (κ2) is 4.00. The number of piperidine rings is 1. The Morgan fingerprint density at radius 1 is 1.33 bits per heavy atom. The summed E-state index contributed by atoms with van der Waals surface area (Å²) >= 11 is 0. The fraction of sp³-hybridized carbons (Fsp3) is 0.700. The van der Waals surface area contributed by atoms with Gasteiger partial charge in [-0.25, -0.2) is 9.69 Å². The van der Waals surface area contributed by atoms with E-state index in [1.807, 2.05) is 0 Å². The van der Waals surface area contributed by atoms with Gasteiger partial charge in [0.2, 0.25) is 5.78 Å². The van der Waals surface area contributed by atoms with Crippen molar-refractivity contribution in [2.75, 3.05) is 6.54 Å². The molecule has 0 spiro atoms. The van der Waals surface area contributed by atoms with Crippen LogP contribution in [0, 0.1) is 0 Å². The van der Waals surface area contributed by atoms with Crippen LogP contribution in [0.3, 0.4) is 0 Å². The van der Waals surface area contributed by atoms with Crippen LogP contribution in [0.1, 0.15) is 33.6 Å². The normalized spacial score (nSPS) is 17.9. The van der Waals surface area contributed by atoms with Gasteiger partial charge in [-0.05, 0) is 27.2 Å². The lowest BCUT2D eigenvalue weighted by molar-refractivity contribution is -0.146. The molecule has 1 aliphatic heterocycles. The lowest BCUT2D eigenvalue weighted by Gasteiger charge is -2.27. The Balaban J connectivity index is 2.67. The molecule has 0 unspecified atom stereocenters. The van der Waals surface area contributed by atoms with Gasteiger partial charge in [0.25, 0.3) is 5.91 Å². The molecule has 0 radical (unpaired) electrons. The van der Waals surface area contributed by atoms with Crippen LogP contribution in [-0.4, -0.2) is 34.8 Å². The SMILES string of the molecule is CC(C)(C)OC(=O)N1CCCC(=O)C1=O. The number of ether oxygens (including phenoxy) is 1. The average Bonchev–Trinajstić information content (AvgIpc) is 2.06. The number of hydrogen-bond acceptors (Lipinski definition) is 4. The van der Waals surface area contributed by atoms with Crippen molar-refractivity contribution in [3.63, 3.8) is 0 Å². The topological polar surface area (TPSA) is 63.7 Å². The number of imide groups is 1. The minimum absolute atomic E-state index is 0.220. The Kier molecular flexibility index (Phi) is 3.12. The van der Waals surface area contributed by atoms with Gasteiger partial charge in [0.1, 0.15) is 5.60 Å². The molecule has 84 valence electrons. The van der Waals surface area contributed by atoms with E-state index in [4.69, 9.17) is 4.74 Å². The molecule has 0 saturated carbocycles. The number of Topliss-reactive ketones (excluding diaryl/α,β-unsaturated/α-hetero) is 1. The van der Waals surface area contributed by atoms with E-state index in [-0.39, 0.29) is 13.0 Å². The van der Waals surface area contributed by atoms with Crippen molar-refractivity contribution in [3.8, 4) is 0 Å². The first kappa shape index (κ1) is 11.7. The highest BCUT2D eigenvalue weighted by Crippen LogP contribution is 2.14. The summed E-state index contributed by atoms with van der Waals surface area (Å²) in [5.41, 5.74) is -0.655. The van der Waals surface area contributed by atoms with Crippen LogP contribution < -0.4 is 0 Å². The number of likely N-dealkylation sites (tertiary alicyclic amines) is 1. The molecule has 0 atom stereocenters. The maximum atomic E-state index is 11.5. The average molecular weight is 213 g/mol. The van der Waals surface area contributed by atoms with E-state index in [2.05, 4.69) is 0 Å². The number of ketones is 1. The summed E-state index contributed by atoms with van der Waals surface area (Å²) in [6.07, 6.45) is 0.00244. The van der Waals surface area contributed by atoms with Gasteiger partial charge >= 0.3 is 6.09 Å². The maximum absolute atomic E-state index is 11.5. The fourth-order valence-electron chi connectivity index (χ4n) is 1.25. The Morgan fingerprint density at radius 2 is 1.93 bits per heavy atom. The molecule has 2 amide bonds. The summed E-state index contributed by atoms with van der Waals surface area (Å²) in [5.74, 6) is -1.28. The molecular weight excluding hydrogens is 198 g/mol. The third kappa shape index (κ3) is 3.04. The number of nitrogens with zero attached hydrogens (tertiary/aromatic N) is 1. The first-order chi connectivity index (χ1) is 6.81. The van der Waals surface area contributed by atoms with Gasteiger partial charge in [0, 0.05) is 13.0 Å². The van der Waals surface area contributed by atoms with Crippen LogP contribution in [-0.2, 0) is 14.3 Å².